The molecule has 0 saturated carbocycles. The first kappa shape index (κ1) is 22.4. The second-order valence-corrected chi connectivity index (χ2v) is 9.25. The Morgan fingerprint density at radius 1 is 1.09 bits per heavy atom. The predicted octanol–water partition coefficient (Wildman–Crippen LogP) is 4.14. The summed E-state index contributed by atoms with van der Waals surface area (Å²) in [6, 6.07) is 13.8. The first-order valence-electron chi connectivity index (χ1n) is 9.58. The lowest BCUT2D eigenvalue weighted by Crippen LogP contribution is -2.27. The van der Waals surface area contributed by atoms with Crippen molar-refractivity contribution in [1.29, 1.82) is 0 Å². The Morgan fingerprint density at radius 3 is 2.55 bits per heavy atom. The summed E-state index contributed by atoms with van der Waals surface area (Å²) in [6.45, 7) is 0. The van der Waals surface area contributed by atoms with Crippen molar-refractivity contribution >= 4 is 38.9 Å². The van der Waals surface area contributed by atoms with Gasteiger partial charge in [0, 0.05) is 25.6 Å². The Labute approximate surface area is 194 Å². The van der Waals surface area contributed by atoms with Gasteiger partial charge in [0.15, 0.2) is 5.82 Å². The molecule has 1 N–H and O–H groups in total. The van der Waals surface area contributed by atoms with Gasteiger partial charge in [0.25, 0.3) is 15.9 Å². The second kappa shape index (κ2) is 9.00. The van der Waals surface area contributed by atoms with Crippen molar-refractivity contribution < 1.29 is 17.6 Å². The largest absolute Gasteiger partial charge is 0.319 e. The first-order chi connectivity index (χ1) is 15.8. The van der Waals surface area contributed by atoms with Gasteiger partial charge in [-0.1, -0.05) is 11.6 Å². The Bertz CT molecular complexity index is 1410. The number of pyridine rings is 1. The van der Waals surface area contributed by atoms with Crippen LogP contribution in [0.25, 0.3) is 5.82 Å². The number of hydrogen-bond donors (Lipinski definition) is 1. The highest BCUT2D eigenvalue weighted by Crippen LogP contribution is 2.27. The van der Waals surface area contributed by atoms with Crippen molar-refractivity contribution in [3.05, 3.63) is 95.7 Å². The van der Waals surface area contributed by atoms with E-state index in [1.165, 1.54) is 42.1 Å². The van der Waals surface area contributed by atoms with E-state index in [1.807, 2.05) is 0 Å². The average molecular weight is 486 g/mol. The summed E-state index contributed by atoms with van der Waals surface area (Å²) in [5.74, 6) is -0.727. The fraction of sp³-hybridized carbons (Fsp3) is 0.0455. The molecule has 2 aromatic heterocycles. The summed E-state index contributed by atoms with van der Waals surface area (Å²) in [5.41, 5.74) is 0.580. The predicted molar refractivity (Wildman–Crippen MR) is 123 cm³/mol. The van der Waals surface area contributed by atoms with Crippen LogP contribution in [0.2, 0.25) is 5.02 Å². The minimum Gasteiger partial charge on any atom is -0.319 e. The van der Waals surface area contributed by atoms with Crippen molar-refractivity contribution in [2.24, 2.45) is 0 Å². The zero-order valence-electron chi connectivity index (χ0n) is 17.2. The highest BCUT2D eigenvalue weighted by molar-refractivity contribution is 7.92. The zero-order chi connectivity index (χ0) is 23.6. The minimum absolute atomic E-state index is 0.0412. The summed E-state index contributed by atoms with van der Waals surface area (Å²) in [6.07, 6.45) is 4.80. The van der Waals surface area contributed by atoms with E-state index < -0.39 is 21.7 Å². The molecule has 2 heterocycles. The molecule has 0 aliphatic carbocycles. The number of halogens is 2. The molecule has 0 aliphatic heterocycles. The Morgan fingerprint density at radius 2 is 1.85 bits per heavy atom. The van der Waals surface area contributed by atoms with E-state index in [4.69, 9.17) is 11.6 Å². The molecule has 4 rings (SSSR count). The fourth-order valence-electron chi connectivity index (χ4n) is 3.05. The van der Waals surface area contributed by atoms with Gasteiger partial charge >= 0.3 is 0 Å². The van der Waals surface area contributed by atoms with Crippen LogP contribution < -0.4 is 9.62 Å². The molecule has 2 aromatic carbocycles. The smallest absolute Gasteiger partial charge is 0.264 e. The van der Waals surface area contributed by atoms with Gasteiger partial charge in [-0.3, -0.25) is 9.10 Å². The van der Waals surface area contributed by atoms with Gasteiger partial charge in [-0.15, -0.1) is 0 Å². The molecule has 8 nitrogen and oxygen atoms in total. The maximum atomic E-state index is 13.2. The molecule has 1 amide bonds. The first-order valence-corrected chi connectivity index (χ1v) is 11.4. The van der Waals surface area contributed by atoms with Gasteiger partial charge in [0.05, 0.1) is 26.9 Å². The third kappa shape index (κ3) is 4.57. The number of rotatable bonds is 6. The molecule has 4 aromatic rings. The number of carbonyl (C=O) groups excluding carboxylic acids is 1. The molecule has 0 unspecified atom stereocenters. The van der Waals surface area contributed by atoms with Crippen LogP contribution in [-0.4, -0.2) is 36.1 Å². The number of sulfonamides is 1. The summed E-state index contributed by atoms with van der Waals surface area (Å²) >= 11 is 6.22. The molecule has 0 saturated heterocycles. The van der Waals surface area contributed by atoms with Gasteiger partial charge in [-0.25, -0.2) is 22.5 Å². The van der Waals surface area contributed by atoms with Gasteiger partial charge < -0.3 is 5.32 Å². The highest BCUT2D eigenvalue weighted by Gasteiger charge is 2.24. The molecular formula is C22H17ClFN5O3S. The lowest BCUT2D eigenvalue weighted by molar-refractivity contribution is 0.102. The number of carbonyl (C=O) groups is 1. The summed E-state index contributed by atoms with van der Waals surface area (Å²) < 4.78 is 41.9. The van der Waals surface area contributed by atoms with Crippen LogP contribution in [0.3, 0.4) is 0 Å². The van der Waals surface area contributed by atoms with Crippen LogP contribution in [0.4, 0.5) is 15.8 Å². The number of aromatic nitrogens is 3. The van der Waals surface area contributed by atoms with E-state index in [0.29, 0.717) is 11.5 Å². The molecule has 0 spiro atoms. The molecule has 11 heteroatoms. The number of benzene rings is 2. The zero-order valence-corrected chi connectivity index (χ0v) is 18.8. The molecule has 0 radical (unpaired) electrons. The van der Waals surface area contributed by atoms with Crippen molar-refractivity contribution in [2.45, 2.75) is 4.90 Å². The van der Waals surface area contributed by atoms with Gasteiger partial charge in [-0.2, -0.15) is 5.10 Å². The highest BCUT2D eigenvalue weighted by atomic mass is 35.5. The topological polar surface area (TPSA) is 97.2 Å². The standard InChI is InChI=1S/C22H17ClFN5O3S/c1-28(16-7-5-15(24)6-8-16)33(31,32)17-9-10-19(23)18(14-17)22(30)27-20-4-2-11-25-21(20)29-13-3-12-26-29/h2-14H,1H3,(H,27,30). The summed E-state index contributed by atoms with van der Waals surface area (Å²) in [5, 5.41) is 6.89. The van der Waals surface area contributed by atoms with E-state index >= 15 is 0 Å². The lowest BCUT2D eigenvalue weighted by Gasteiger charge is -2.20. The van der Waals surface area contributed by atoms with Gasteiger partial charge in [0.2, 0.25) is 0 Å². The van der Waals surface area contributed by atoms with E-state index in [-0.39, 0.29) is 21.2 Å². The number of anilines is 2. The third-order valence-electron chi connectivity index (χ3n) is 4.79. The Balaban J connectivity index is 1.65. The molecule has 0 bridgehead atoms. The number of nitrogens with one attached hydrogen (secondary N) is 1. The molecule has 0 aliphatic rings. The van der Waals surface area contributed by atoms with Crippen LogP contribution in [0.1, 0.15) is 10.4 Å². The van der Waals surface area contributed by atoms with Crippen molar-refractivity contribution in [3.8, 4) is 5.82 Å². The van der Waals surface area contributed by atoms with Crippen molar-refractivity contribution in [2.75, 3.05) is 16.7 Å². The Hall–Kier alpha value is -3.76. The average Bonchev–Trinajstić information content (AvgIpc) is 3.34. The summed E-state index contributed by atoms with van der Waals surface area (Å²) in [4.78, 5) is 17.1. The van der Waals surface area contributed by atoms with Crippen molar-refractivity contribution in [3.63, 3.8) is 0 Å². The number of hydrogen-bond acceptors (Lipinski definition) is 5. The van der Waals surface area contributed by atoms with Crippen molar-refractivity contribution in [1.82, 2.24) is 14.8 Å². The molecular weight excluding hydrogens is 469 g/mol. The third-order valence-corrected chi connectivity index (χ3v) is 6.90. The van der Waals surface area contributed by atoms with Gasteiger partial charge in [0.1, 0.15) is 5.82 Å². The van der Waals surface area contributed by atoms with Crippen LogP contribution >= 0.6 is 11.6 Å². The normalized spacial score (nSPS) is 11.2. The molecule has 168 valence electrons. The van der Waals surface area contributed by atoms with E-state index in [9.17, 15) is 17.6 Å². The minimum atomic E-state index is -4.05. The van der Waals surface area contributed by atoms with E-state index in [0.717, 1.165) is 16.4 Å². The number of nitrogens with zero attached hydrogens (tertiary/aromatic N) is 4. The molecule has 0 fully saturated rings. The Kier molecular flexibility index (Phi) is 6.12. The van der Waals surface area contributed by atoms with Crippen LogP contribution in [0.5, 0.6) is 0 Å². The second-order valence-electron chi connectivity index (χ2n) is 6.87. The van der Waals surface area contributed by atoms with Crippen LogP contribution in [0.15, 0.2) is 84.1 Å². The molecule has 33 heavy (non-hydrogen) atoms. The monoisotopic (exact) mass is 485 g/mol. The lowest BCUT2D eigenvalue weighted by atomic mass is 10.2. The van der Waals surface area contributed by atoms with E-state index in [1.54, 1.807) is 36.8 Å². The SMILES string of the molecule is CN(c1ccc(F)cc1)S(=O)(=O)c1ccc(Cl)c(C(=O)Nc2cccnc2-n2cccn2)c1. The quantitative estimate of drug-likeness (QED) is 0.442. The van der Waals surface area contributed by atoms with Crippen LogP contribution in [0, 0.1) is 5.82 Å². The maximum absolute atomic E-state index is 13.2. The van der Waals surface area contributed by atoms with Gasteiger partial charge in [-0.05, 0) is 60.7 Å². The summed E-state index contributed by atoms with van der Waals surface area (Å²) in [7, 11) is -2.71. The molecule has 0 atom stereocenters. The maximum Gasteiger partial charge on any atom is 0.264 e. The fourth-order valence-corrected chi connectivity index (χ4v) is 4.47. The van der Waals surface area contributed by atoms with Crippen LogP contribution in [-0.2, 0) is 10.0 Å². The number of amides is 1. The van der Waals surface area contributed by atoms with E-state index in [2.05, 4.69) is 15.4 Å².